The first-order chi connectivity index (χ1) is 9.65. The van der Waals surface area contributed by atoms with E-state index in [4.69, 9.17) is 9.47 Å². The highest BCUT2D eigenvalue weighted by molar-refractivity contribution is 5.74. The second-order valence-electron chi connectivity index (χ2n) is 5.06. The lowest BCUT2D eigenvalue weighted by atomic mass is 9.99. The van der Waals surface area contributed by atoms with Gasteiger partial charge in [0, 0.05) is 25.4 Å². The number of carbonyl (C=O) groups is 1. The van der Waals surface area contributed by atoms with E-state index in [1.54, 1.807) is 12.3 Å². The first kappa shape index (κ1) is 14.6. The van der Waals surface area contributed by atoms with E-state index in [1.165, 1.54) is 7.11 Å². The Hall–Kier alpha value is -1.85. The maximum Gasteiger partial charge on any atom is 0.310 e. The molecular weight excluding hydrogens is 258 g/mol. The van der Waals surface area contributed by atoms with E-state index < -0.39 is 0 Å². The number of rotatable bonds is 5. The molecule has 0 amide bonds. The van der Waals surface area contributed by atoms with E-state index >= 15 is 0 Å². The Bertz CT molecular complexity index is 467. The maximum atomic E-state index is 11.7. The lowest BCUT2D eigenvalue weighted by Crippen LogP contribution is -2.25. The fourth-order valence-electron chi connectivity index (χ4n) is 2.36. The third-order valence-electron chi connectivity index (χ3n) is 3.47. The summed E-state index contributed by atoms with van der Waals surface area (Å²) in [6.07, 6.45) is 2.62. The van der Waals surface area contributed by atoms with Crippen LogP contribution in [0.1, 0.15) is 20.3 Å². The molecular formula is C14H21N3O3. The van der Waals surface area contributed by atoms with Gasteiger partial charge in [-0.25, -0.2) is 4.98 Å². The van der Waals surface area contributed by atoms with Crippen molar-refractivity contribution in [3.63, 3.8) is 0 Å². The Morgan fingerprint density at radius 2 is 2.30 bits per heavy atom. The molecule has 0 N–H and O–H groups in total. The molecule has 0 saturated carbocycles. The summed E-state index contributed by atoms with van der Waals surface area (Å²) in [5, 5.41) is 0. The van der Waals surface area contributed by atoms with Crippen LogP contribution in [0.25, 0.3) is 0 Å². The summed E-state index contributed by atoms with van der Waals surface area (Å²) in [6, 6.07) is 1.75. The molecule has 0 aliphatic carbocycles. The molecule has 0 bridgehead atoms. The standard InChI is InChI=1S/C14H21N3O3/c1-4-7-20-12-5-6-15-14(16-12)17-8-10(2)11(9-17)13(18)19-3/h5-6,10-11H,4,7-9H2,1-3H3. The van der Waals surface area contributed by atoms with Crippen LogP contribution in [0.3, 0.4) is 0 Å². The van der Waals surface area contributed by atoms with Gasteiger partial charge in [0.25, 0.3) is 0 Å². The van der Waals surface area contributed by atoms with Crippen molar-refractivity contribution in [3.05, 3.63) is 12.3 Å². The van der Waals surface area contributed by atoms with Crippen LogP contribution in [-0.2, 0) is 9.53 Å². The summed E-state index contributed by atoms with van der Waals surface area (Å²) in [6.45, 7) is 6.06. The minimum absolute atomic E-state index is 0.121. The molecule has 1 saturated heterocycles. The quantitative estimate of drug-likeness (QED) is 0.761. The van der Waals surface area contributed by atoms with Gasteiger partial charge in [0.1, 0.15) is 0 Å². The van der Waals surface area contributed by atoms with Gasteiger partial charge in [-0.3, -0.25) is 4.79 Å². The third-order valence-corrected chi connectivity index (χ3v) is 3.47. The van der Waals surface area contributed by atoms with Gasteiger partial charge >= 0.3 is 5.97 Å². The van der Waals surface area contributed by atoms with Crippen molar-refractivity contribution in [2.75, 3.05) is 31.7 Å². The Kier molecular flexibility index (Phi) is 4.76. The minimum Gasteiger partial charge on any atom is -0.478 e. The van der Waals surface area contributed by atoms with Crippen LogP contribution in [-0.4, -0.2) is 42.7 Å². The van der Waals surface area contributed by atoms with Gasteiger partial charge in [0.2, 0.25) is 11.8 Å². The van der Waals surface area contributed by atoms with Crippen LogP contribution in [0.15, 0.2) is 12.3 Å². The van der Waals surface area contributed by atoms with Crippen molar-refractivity contribution in [1.82, 2.24) is 9.97 Å². The van der Waals surface area contributed by atoms with Gasteiger partial charge in [-0.1, -0.05) is 13.8 Å². The molecule has 1 aromatic rings. The molecule has 2 unspecified atom stereocenters. The van der Waals surface area contributed by atoms with E-state index in [0.29, 0.717) is 25.0 Å². The van der Waals surface area contributed by atoms with Crippen LogP contribution in [0.2, 0.25) is 0 Å². The molecule has 0 spiro atoms. The number of anilines is 1. The van der Waals surface area contributed by atoms with Gasteiger partial charge in [0.05, 0.1) is 19.6 Å². The summed E-state index contributed by atoms with van der Waals surface area (Å²) in [5.74, 6) is 1.12. The summed E-state index contributed by atoms with van der Waals surface area (Å²) in [5.41, 5.74) is 0. The zero-order chi connectivity index (χ0) is 14.5. The van der Waals surface area contributed by atoms with E-state index in [2.05, 4.69) is 9.97 Å². The van der Waals surface area contributed by atoms with Crippen molar-refractivity contribution in [1.29, 1.82) is 0 Å². The largest absolute Gasteiger partial charge is 0.478 e. The smallest absolute Gasteiger partial charge is 0.310 e. The molecule has 2 rings (SSSR count). The highest BCUT2D eigenvalue weighted by atomic mass is 16.5. The Morgan fingerprint density at radius 3 is 3.00 bits per heavy atom. The second-order valence-corrected chi connectivity index (χ2v) is 5.06. The number of ether oxygens (including phenoxy) is 2. The molecule has 1 aromatic heterocycles. The van der Waals surface area contributed by atoms with Crippen LogP contribution >= 0.6 is 0 Å². The van der Waals surface area contributed by atoms with Crippen molar-refractivity contribution in [2.45, 2.75) is 20.3 Å². The minimum atomic E-state index is -0.168. The SMILES string of the molecule is CCCOc1ccnc(N2CC(C)C(C(=O)OC)C2)n1. The molecule has 0 radical (unpaired) electrons. The number of nitrogens with zero attached hydrogens (tertiary/aromatic N) is 3. The first-order valence-corrected chi connectivity index (χ1v) is 6.94. The van der Waals surface area contributed by atoms with Gasteiger partial charge in [0.15, 0.2) is 0 Å². The molecule has 1 fully saturated rings. The van der Waals surface area contributed by atoms with Crippen molar-refractivity contribution >= 4 is 11.9 Å². The van der Waals surface area contributed by atoms with Crippen LogP contribution in [0.4, 0.5) is 5.95 Å². The predicted octanol–water partition coefficient (Wildman–Crippen LogP) is 1.51. The Labute approximate surface area is 119 Å². The molecule has 1 aliphatic heterocycles. The normalized spacial score (nSPS) is 21.9. The summed E-state index contributed by atoms with van der Waals surface area (Å²) < 4.78 is 10.3. The van der Waals surface area contributed by atoms with Crippen LogP contribution < -0.4 is 9.64 Å². The van der Waals surface area contributed by atoms with Gasteiger partial charge in [-0.05, 0) is 12.3 Å². The number of esters is 1. The van der Waals surface area contributed by atoms with E-state index in [0.717, 1.165) is 13.0 Å². The number of hydrogen-bond acceptors (Lipinski definition) is 6. The molecule has 0 aromatic carbocycles. The number of hydrogen-bond donors (Lipinski definition) is 0. The molecule has 6 heteroatoms. The van der Waals surface area contributed by atoms with E-state index in [9.17, 15) is 4.79 Å². The van der Waals surface area contributed by atoms with Crippen LogP contribution in [0.5, 0.6) is 5.88 Å². The monoisotopic (exact) mass is 279 g/mol. The Morgan fingerprint density at radius 1 is 1.50 bits per heavy atom. The predicted molar refractivity (Wildman–Crippen MR) is 74.7 cm³/mol. The van der Waals surface area contributed by atoms with Gasteiger partial charge < -0.3 is 14.4 Å². The van der Waals surface area contributed by atoms with Crippen molar-refractivity contribution in [3.8, 4) is 5.88 Å². The Balaban J connectivity index is 2.07. The zero-order valence-electron chi connectivity index (χ0n) is 12.2. The van der Waals surface area contributed by atoms with Crippen molar-refractivity contribution in [2.24, 2.45) is 11.8 Å². The van der Waals surface area contributed by atoms with Gasteiger partial charge in [-0.2, -0.15) is 4.98 Å². The summed E-state index contributed by atoms with van der Waals surface area (Å²) in [4.78, 5) is 22.4. The maximum absolute atomic E-state index is 11.7. The van der Waals surface area contributed by atoms with E-state index in [-0.39, 0.29) is 17.8 Å². The molecule has 2 atom stereocenters. The molecule has 1 aliphatic rings. The van der Waals surface area contributed by atoms with Crippen LogP contribution in [0, 0.1) is 11.8 Å². The summed E-state index contributed by atoms with van der Waals surface area (Å²) in [7, 11) is 1.42. The van der Waals surface area contributed by atoms with Gasteiger partial charge in [-0.15, -0.1) is 0 Å². The number of methoxy groups -OCH3 is 1. The number of aromatic nitrogens is 2. The highest BCUT2D eigenvalue weighted by Gasteiger charge is 2.36. The summed E-state index contributed by atoms with van der Waals surface area (Å²) >= 11 is 0. The number of carbonyl (C=O) groups excluding carboxylic acids is 1. The third kappa shape index (κ3) is 3.18. The average molecular weight is 279 g/mol. The molecule has 110 valence electrons. The van der Waals surface area contributed by atoms with E-state index in [1.807, 2.05) is 18.7 Å². The highest BCUT2D eigenvalue weighted by Crippen LogP contribution is 2.27. The lowest BCUT2D eigenvalue weighted by molar-refractivity contribution is -0.145. The topological polar surface area (TPSA) is 64.5 Å². The lowest BCUT2D eigenvalue weighted by Gasteiger charge is -2.16. The fraction of sp³-hybridized carbons (Fsp3) is 0.643. The first-order valence-electron chi connectivity index (χ1n) is 6.94. The second kappa shape index (κ2) is 6.54. The average Bonchev–Trinajstić information content (AvgIpc) is 2.86. The van der Waals surface area contributed by atoms with Crippen molar-refractivity contribution < 1.29 is 14.3 Å². The molecule has 6 nitrogen and oxygen atoms in total. The zero-order valence-corrected chi connectivity index (χ0v) is 12.2. The fourth-order valence-corrected chi connectivity index (χ4v) is 2.36. The molecule has 20 heavy (non-hydrogen) atoms. The molecule has 2 heterocycles.